The molecular weight excluding hydrogens is 454 g/mol. The molecule has 3 N–H and O–H groups in total. The van der Waals surface area contributed by atoms with E-state index in [2.05, 4.69) is 4.98 Å². The standard InChI is InChI=1S/C27H22F2N2O4/c1-2-16-9-10-21(27(32)33)24(12-16)35-26-23(29)14-22(28)25(31-26)34-20-8-4-7-19(13-20)18-6-3-5-17(11-18)15-30/h3-14H,2,15,30H2,1H3,(H,32,33). The van der Waals surface area contributed by atoms with Crippen LogP contribution < -0.4 is 15.2 Å². The summed E-state index contributed by atoms with van der Waals surface area (Å²) in [6, 6.07) is 19.6. The summed E-state index contributed by atoms with van der Waals surface area (Å²) >= 11 is 0. The van der Waals surface area contributed by atoms with Crippen LogP contribution in [0.4, 0.5) is 8.78 Å². The summed E-state index contributed by atoms with van der Waals surface area (Å²) in [5, 5.41) is 9.44. The molecule has 0 spiro atoms. The Kier molecular flexibility index (Phi) is 7.03. The summed E-state index contributed by atoms with van der Waals surface area (Å²) in [6.07, 6.45) is 0.606. The predicted octanol–water partition coefficient (Wildman–Crippen LogP) is 6.33. The van der Waals surface area contributed by atoms with Crippen LogP contribution in [0.15, 0.2) is 72.8 Å². The predicted molar refractivity (Wildman–Crippen MR) is 127 cm³/mol. The van der Waals surface area contributed by atoms with Crippen molar-refractivity contribution in [3.8, 4) is 34.4 Å². The number of rotatable bonds is 8. The van der Waals surface area contributed by atoms with E-state index in [1.54, 1.807) is 24.3 Å². The van der Waals surface area contributed by atoms with Gasteiger partial charge in [-0.1, -0.05) is 43.3 Å². The second-order valence-electron chi connectivity index (χ2n) is 7.69. The summed E-state index contributed by atoms with van der Waals surface area (Å²) < 4.78 is 40.1. The number of carboxylic acid groups (broad SMARTS) is 1. The van der Waals surface area contributed by atoms with Crippen molar-refractivity contribution in [2.45, 2.75) is 19.9 Å². The summed E-state index contributed by atoms with van der Waals surface area (Å²) in [7, 11) is 0. The second-order valence-corrected chi connectivity index (χ2v) is 7.69. The number of nitrogens with zero attached hydrogens (tertiary/aromatic N) is 1. The van der Waals surface area contributed by atoms with Crippen LogP contribution in [0.1, 0.15) is 28.4 Å². The molecule has 8 heteroatoms. The van der Waals surface area contributed by atoms with E-state index >= 15 is 0 Å². The smallest absolute Gasteiger partial charge is 0.339 e. The number of benzene rings is 3. The maximum Gasteiger partial charge on any atom is 0.339 e. The third kappa shape index (κ3) is 5.44. The number of halogens is 2. The molecule has 0 unspecified atom stereocenters. The van der Waals surface area contributed by atoms with Crippen molar-refractivity contribution in [3.63, 3.8) is 0 Å². The third-order valence-electron chi connectivity index (χ3n) is 5.30. The molecule has 178 valence electrons. The van der Waals surface area contributed by atoms with Crippen LogP contribution in [-0.2, 0) is 13.0 Å². The van der Waals surface area contributed by atoms with Crippen LogP contribution in [0, 0.1) is 11.6 Å². The Morgan fingerprint density at radius 1 is 0.886 bits per heavy atom. The number of ether oxygens (including phenoxy) is 2. The first-order chi connectivity index (χ1) is 16.9. The lowest BCUT2D eigenvalue weighted by atomic mass is 10.0. The molecule has 35 heavy (non-hydrogen) atoms. The molecular formula is C27H22F2N2O4. The molecule has 0 saturated carbocycles. The van der Waals surface area contributed by atoms with E-state index in [0.717, 1.165) is 22.3 Å². The Morgan fingerprint density at radius 3 is 2.26 bits per heavy atom. The molecule has 1 aromatic heterocycles. The van der Waals surface area contributed by atoms with Gasteiger partial charge in [-0.15, -0.1) is 0 Å². The fourth-order valence-corrected chi connectivity index (χ4v) is 3.46. The molecule has 0 fully saturated rings. The number of aromatic nitrogens is 1. The second kappa shape index (κ2) is 10.3. The maximum absolute atomic E-state index is 14.5. The number of aryl methyl sites for hydroxylation is 1. The fourth-order valence-electron chi connectivity index (χ4n) is 3.46. The number of nitrogens with two attached hydrogens (primary N) is 1. The first-order valence-corrected chi connectivity index (χ1v) is 10.8. The number of pyridine rings is 1. The van der Waals surface area contributed by atoms with E-state index in [1.165, 1.54) is 12.1 Å². The van der Waals surface area contributed by atoms with E-state index in [1.807, 2.05) is 37.3 Å². The number of hydrogen-bond acceptors (Lipinski definition) is 5. The molecule has 0 bridgehead atoms. The van der Waals surface area contributed by atoms with Gasteiger partial charge in [-0.25, -0.2) is 13.6 Å². The van der Waals surface area contributed by atoms with E-state index in [-0.39, 0.29) is 17.1 Å². The van der Waals surface area contributed by atoms with Gasteiger partial charge in [-0.05, 0) is 59.0 Å². The molecule has 1 heterocycles. The van der Waals surface area contributed by atoms with Crippen LogP contribution in [0.3, 0.4) is 0 Å². The molecule has 0 aliphatic carbocycles. The Hall–Kier alpha value is -4.30. The van der Waals surface area contributed by atoms with Gasteiger partial charge in [0.1, 0.15) is 17.1 Å². The molecule has 4 rings (SSSR count). The Morgan fingerprint density at radius 2 is 1.57 bits per heavy atom. The molecule has 0 radical (unpaired) electrons. The van der Waals surface area contributed by atoms with Crippen LogP contribution in [-0.4, -0.2) is 16.1 Å². The maximum atomic E-state index is 14.5. The lowest BCUT2D eigenvalue weighted by Gasteiger charge is -2.13. The highest BCUT2D eigenvalue weighted by molar-refractivity contribution is 5.91. The quantitative estimate of drug-likeness (QED) is 0.309. The number of carbonyl (C=O) groups is 1. The minimum absolute atomic E-state index is 0.109. The van der Waals surface area contributed by atoms with Crippen molar-refractivity contribution >= 4 is 5.97 Å². The highest BCUT2D eigenvalue weighted by Gasteiger charge is 2.19. The Labute approximate surface area is 200 Å². The first kappa shape index (κ1) is 23.8. The van der Waals surface area contributed by atoms with Gasteiger partial charge in [0.15, 0.2) is 11.6 Å². The fraction of sp³-hybridized carbons (Fsp3) is 0.111. The van der Waals surface area contributed by atoms with Gasteiger partial charge >= 0.3 is 5.97 Å². The number of carboxylic acids is 1. The SMILES string of the molecule is CCc1ccc(C(=O)O)c(Oc2nc(Oc3cccc(-c4cccc(CN)c4)c3)c(F)cc2F)c1. The minimum Gasteiger partial charge on any atom is -0.478 e. The average Bonchev–Trinajstić information content (AvgIpc) is 2.87. The van der Waals surface area contributed by atoms with Crippen molar-refractivity contribution < 1.29 is 28.2 Å². The van der Waals surface area contributed by atoms with E-state index in [0.29, 0.717) is 19.0 Å². The first-order valence-electron chi connectivity index (χ1n) is 10.8. The molecule has 0 aliphatic rings. The van der Waals surface area contributed by atoms with Gasteiger partial charge < -0.3 is 20.3 Å². The molecule has 0 amide bonds. The highest BCUT2D eigenvalue weighted by atomic mass is 19.1. The third-order valence-corrected chi connectivity index (χ3v) is 5.30. The van der Waals surface area contributed by atoms with Crippen LogP contribution in [0.2, 0.25) is 0 Å². The normalized spacial score (nSPS) is 10.7. The molecule has 3 aromatic carbocycles. The van der Waals surface area contributed by atoms with Gasteiger partial charge in [0, 0.05) is 12.6 Å². The van der Waals surface area contributed by atoms with Crippen molar-refractivity contribution in [2.24, 2.45) is 5.73 Å². The Bertz CT molecular complexity index is 1390. The van der Waals surface area contributed by atoms with E-state index < -0.39 is 29.4 Å². The Balaban J connectivity index is 1.65. The average molecular weight is 476 g/mol. The number of aromatic carboxylic acids is 1. The van der Waals surface area contributed by atoms with E-state index in [9.17, 15) is 18.7 Å². The van der Waals surface area contributed by atoms with Crippen molar-refractivity contribution in [2.75, 3.05) is 0 Å². The molecule has 6 nitrogen and oxygen atoms in total. The summed E-state index contributed by atoms with van der Waals surface area (Å²) in [5.41, 5.74) is 8.97. The van der Waals surface area contributed by atoms with Crippen molar-refractivity contribution in [1.29, 1.82) is 0 Å². The van der Waals surface area contributed by atoms with Crippen LogP contribution in [0.25, 0.3) is 11.1 Å². The van der Waals surface area contributed by atoms with Crippen LogP contribution in [0.5, 0.6) is 23.3 Å². The molecule has 0 saturated heterocycles. The molecule has 0 aliphatic heterocycles. The minimum atomic E-state index is -1.25. The van der Waals surface area contributed by atoms with Crippen LogP contribution >= 0.6 is 0 Å². The van der Waals surface area contributed by atoms with Crippen molar-refractivity contribution in [3.05, 3.63) is 101 Å². The monoisotopic (exact) mass is 476 g/mol. The van der Waals surface area contributed by atoms with Gasteiger partial charge in [0.2, 0.25) is 0 Å². The zero-order valence-corrected chi connectivity index (χ0v) is 18.8. The van der Waals surface area contributed by atoms with E-state index in [4.69, 9.17) is 15.2 Å². The van der Waals surface area contributed by atoms with Gasteiger partial charge in [0.25, 0.3) is 11.8 Å². The van der Waals surface area contributed by atoms with Gasteiger partial charge in [-0.3, -0.25) is 0 Å². The topological polar surface area (TPSA) is 94.7 Å². The molecule has 4 aromatic rings. The summed E-state index contributed by atoms with van der Waals surface area (Å²) in [4.78, 5) is 15.4. The lowest BCUT2D eigenvalue weighted by Crippen LogP contribution is -2.04. The molecule has 0 atom stereocenters. The zero-order chi connectivity index (χ0) is 24.9. The van der Waals surface area contributed by atoms with Gasteiger partial charge in [0.05, 0.1) is 0 Å². The zero-order valence-electron chi connectivity index (χ0n) is 18.8. The highest BCUT2D eigenvalue weighted by Crippen LogP contribution is 2.33. The summed E-state index contributed by atoms with van der Waals surface area (Å²) in [6.45, 7) is 2.27. The number of hydrogen-bond donors (Lipinski definition) is 2. The van der Waals surface area contributed by atoms with Crippen molar-refractivity contribution in [1.82, 2.24) is 4.98 Å². The van der Waals surface area contributed by atoms with Gasteiger partial charge in [-0.2, -0.15) is 4.98 Å². The summed E-state index contributed by atoms with van der Waals surface area (Å²) in [5.74, 6) is -4.35. The largest absolute Gasteiger partial charge is 0.478 e. The lowest BCUT2D eigenvalue weighted by molar-refractivity contribution is 0.0694.